The van der Waals surface area contributed by atoms with Crippen LogP contribution in [0.25, 0.3) is 10.4 Å². The number of carbonyl (C=O) groups excluding carboxylic acids is 2. The Morgan fingerprint density at radius 2 is 2.21 bits per heavy atom. The van der Waals surface area contributed by atoms with Crippen LogP contribution in [0.3, 0.4) is 0 Å². The number of nitrogens with one attached hydrogen (secondary N) is 1. The second-order valence-electron chi connectivity index (χ2n) is 3.76. The number of nitrogens with zero attached hydrogens (tertiary/aromatic N) is 3. The van der Waals surface area contributed by atoms with Crippen molar-refractivity contribution in [3.63, 3.8) is 0 Å². The molecule has 8 nitrogen and oxygen atoms in total. The van der Waals surface area contributed by atoms with Crippen molar-refractivity contribution >= 4 is 12.0 Å². The van der Waals surface area contributed by atoms with Gasteiger partial charge in [-0.3, -0.25) is 4.79 Å². The van der Waals surface area contributed by atoms with E-state index in [1.54, 1.807) is 0 Å². The Hall–Kier alpha value is -2.21. The van der Waals surface area contributed by atoms with Crippen LogP contribution in [0.5, 0.6) is 0 Å². The van der Waals surface area contributed by atoms with Crippen LogP contribution in [0.15, 0.2) is 17.8 Å². The third-order valence-corrected chi connectivity index (χ3v) is 2.23. The van der Waals surface area contributed by atoms with E-state index >= 15 is 0 Å². The van der Waals surface area contributed by atoms with Gasteiger partial charge in [0.25, 0.3) is 5.91 Å². The van der Waals surface area contributed by atoms with E-state index < -0.39 is 18.1 Å². The van der Waals surface area contributed by atoms with E-state index in [0.717, 1.165) is 19.3 Å². The fourth-order valence-corrected chi connectivity index (χ4v) is 1.35. The second-order valence-corrected chi connectivity index (χ2v) is 3.76. The number of azide groups is 1. The van der Waals surface area contributed by atoms with Crippen molar-refractivity contribution in [2.24, 2.45) is 10.8 Å². The fourth-order valence-electron chi connectivity index (χ4n) is 1.35. The first kappa shape index (κ1) is 16.8. The molecule has 0 aliphatic rings. The van der Waals surface area contributed by atoms with Crippen molar-refractivity contribution in [3.05, 3.63) is 23.1 Å². The molecule has 0 radical (unpaired) electrons. The number of ether oxygens (including phenoxy) is 1. The molecule has 0 heterocycles. The van der Waals surface area contributed by atoms with Crippen LogP contribution in [-0.4, -0.2) is 31.2 Å². The molecule has 0 spiro atoms. The van der Waals surface area contributed by atoms with Gasteiger partial charge in [0.15, 0.2) is 6.10 Å². The Balaban J connectivity index is 3.82. The summed E-state index contributed by atoms with van der Waals surface area (Å²) in [6, 6.07) is 0. The average Bonchev–Trinajstić information content (AvgIpc) is 2.36. The smallest absolute Gasteiger partial charge is 0.405 e. The van der Waals surface area contributed by atoms with Gasteiger partial charge in [-0.1, -0.05) is 17.6 Å². The van der Waals surface area contributed by atoms with Crippen LogP contribution < -0.4 is 11.1 Å². The summed E-state index contributed by atoms with van der Waals surface area (Å²) in [5, 5.41) is 6.04. The summed E-state index contributed by atoms with van der Waals surface area (Å²) in [5.41, 5.74) is 12.9. The third kappa shape index (κ3) is 9.49. The van der Waals surface area contributed by atoms with Crippen molar-refractivity contribution in [3.8, 4) is 0 Å². The van der Waals surface area contributed by atoms with Crippen LogP contribution in [0, 0.1) is 0 Å². The van der Waals surface area contributed by atoms with Gasteiger partial charge in [0.1, 0.15) is 0 Å². The summed E-state index contributed by atoms with van der Waals surface area (Å²) in [6.07, 6.45) is 2.13. The van der Waals surface area contributed by atoms with E-state index in [2.05, 4.69) is 26.7 Å². The lowest BCUT2D eigenvalue weighted by molar-refractivity contribution is -0.129. The minimum atomic E-state index is -0.989. The highest BCUT2D eigenvalue weighted by Crippen LogP contribution is 2.01. The van der Waals surface area contributed by atoms with Crippen LogP contribution in [0.4, 0.5) is 4.79 Å². The molecule has 1 unspecified atom stereocenters. The van der Waals surface area contributed by atoms with Gasteiger partial charge in [-0.05, 0) is 18.4 Å². The topological polar surface area (TPSA) is 130 Å². The molecule has 0 aromatic rings. The normalized spacial score (nSPS) is 10.9. The first-order valence-electron chi connectivity index (χ1n) is 5.97. The molecule has 0 bridgehead atoms. The minimum absolute atomic E-state index is 0.214. The molecule has 1 atom stereocenters. The van der Waals surface area contributed by atoms with Gasteiger partial charge in [-0.25, -0.2) is 4.79 Å². The molecule has 8 heteroatoms. The Morgan fingerprint density at radius 3 is 2.79 bits per heavy atom. The van der Waals surface area contributed by atoms with E-state index in [0.29, 0.717) is 13.1 Å². The van der Waals surface area contributed by atoms with Gasteiger partial charge in [0.05, 0.1) is 0 Å². The lowest BCUT2D eigenvalue weighted by Gasteiger charge is -2.14. The monoisotopic (exact) mass is 269 g/mol. The summed E-state index contributed by atoms with van der Waals surface area (Å²) >= 11 is 0. The van der Waals surface area contributed by atoms with Crippen LogP contribution in [-0.2, 0) is 9.53 Å². The molecule has 0 aromatic carbocycles. The van der Waals surface area contributed by atoms with E-state index in [-0.39, 0.29) is 6.42 Å². The minimum Gasteiger partial charge on any atom is -0.436 e. The number of unbranched alkanes of at least 4 members (excludes halogenated alkanes) is 2. The molecule has 0 saturated heterocycles. The Bertz CT molecular complexity index is 352. The maximum absolute atomic E-state index is 11.6. The van der Waals surface area contributed by atoms with Gasteiger partial charge >= 0.3 is 6.09 Å². The van der Waals surface area contributed by atoms with Crippen LogP contribution in [0.2, 0.25) is 0 Å². The zero-order valence-corrected chi connectivity index (χ0v) is 10.7. The Kier molecular flexibility index (Phi) is 9.64. The third-order valence-electron chi connectivity index (χ3n) is 2.23. The van der Waals surface area contributed by atoms with Gasteiger partial charge in [-0.15, -0.1) is 6.58 Å². The summed E-state index contributed by atoms with van der Waals surface area (Å²) < 4.78 is 4.66. The van der Waals surface area contributed by atoms with Crippen LogP contribution in [0.1, 0.15) is 25.7 Å². The predicted octanol–water partition coefficient (Wildman–Crippen LogP) is 1.62. The highest BCUT2D eigenvalue weighted by atomic mass is 16.6. The zero-order chi connectivity index (χ0) is 14.5. The summed E-state index contributed by atoms with van der Waals surface area (Å²) in [5.74, 6) is -0.395. The van der Waals surface area contributed by atoms with Gasteiger partial charge in [0, 0.05) is 24.4 Å². The molecule has 0 aliphatic heterocycles. The molecule has 3 N–H and O–H groups in total. The van der Waals surface area contributed by atoms with Gasteiger partial charge in [-0.2, -0.15) is 0 Å². The van der Waals surface area contributed by atoms with E-state index in [4.69, 9.17) is 11.3 Å². The fraction of sp³-hybridized carbons (Fsp3) is 0.636. The van der Waals surface area contributed by atoms with Crippen molar-refractivity contribution in [2.75, 3.05) is 13.1 Å². The standard InChI is InChI=1S/C11H19N5O3/c1-2-6-9(19-11(12)18)10(17)14-7-4-3-5-8-15-16-13/h2,9H,1,3-8H2,(H2,12,18)(H,14,17). The van der Waals surface area contributed by atoms with Gasteiger partial charge < -0.3 is 15.8 Å². The molecule has 106 valence electrons. The second kappa shape index (κ2) is 10.9. The molecule has 0 fully saturated rings. The first-order chi connectivity index (χ1) is 9.11. The van der Waals surface area contributed by atoms with Gasteiger partial charge in [0.2, 0.25) is 0 Å². The van der Waals surface area contributed by atoms with Crippen molar-refractivity contribution in [2.45, 2.75) is 31.8 Å². The highest BCUT2D eigenvalue weighted by Gasteiger charge is 2.19. The largest absolute Gasteiger partial charge is 0.436 e. The maximum atomic E-state index is 11.6. The SMILES string of the molecule is C=CCC(OC(N)=O)C(=O)NCCCCCN=[N+]=[N-]. The molecule has 0 aliphatic carbocycles. The maximum Gasteiger partial charge on any atom is 0.405 e. The number of hydrogen-bond acceptors (Lipinski definition) is 4. The Morgan fingerprint density at radius 1 is 1.47 bits per heavy atom. The average molecular weight is 269 g/mol. The van der Waals surface area contributed by atoms with Crippen molar-refractivity contribution in [1.82, 2.24) is 5.32 Å². The number of rotatable bonds is 10. The highest BCUT2D eigenvalue weighted by molar-refractivity contribution is 5.83. The number of amides is 2. The number of primary amides is 1. The lowest BCUT2D eigenvalue weighted by Crippen LogP contribution is -2.39. The molecule has 19 heavy (non-hydrogen) atoms. The Labute approximate surface area is 111 Å². The van der Waals surface area contributed by atoms with Crippen LogP contribution >= 0.6 is 0 Å². The first-order valence-corrected chi connectivity index (χ1v) is 5.97. The molecule has 0 rings (SSSR count). The molecule has 0 saturated carbocycles. The van der Waals surface area contributed by atoms with E-state index in [1.165, 1.54) is 6.08 Å². The summed E-state index contributed by atoms with van der Waals surface area (Å²) in [7, 11) is 0. The summed E-state index contributed by atoms with van der Waals surface area (Å²) in [4.78, 5) is 24.9. The number of nitrogens with two attached hydrogens (primary N) is 1. The zero-order valence-electron chi connectivity index (χ0n) is 10.7. The number of hydrogen-bond donors (Lipinski definition) is 2. The van der Waals surface area contributed by atoms with Crippen molar-refractivity contribution < 1.29 is 14.3 Å². The molecule has 2 amide bonds. The summed E-state index contributed by atoms with van der Waals surface area (Å²) in [6.45, 7) is 4.39. The number of carbonyl (C=O) groups is 2. The molecular weight excluding hydrogens is 250 g/mol. The quantitative estimate of drug-likeness (QED) is 0.205. The van der Waals surface area contributed by atoms with E-state index in [9.17, 15) is 9.59 Å². The lowest BCUT2D eigenvalue weighted by atomic mass is 10.2. The molecule has 0 aromatic heterocycles. The van der Waals surface area contributed by atoms with E-state index in [1.807, 2.05) is 0 Å². The van der Waals surface area contributed by atoms with Crippen molar-refractivity contribution in [1.29, 1.82) is 0 Å². The molecular formula is C11H19N5O3. The predicted molar refractivity (Wildman–Crippen MR) is 70.1 cm³/mol.